The van der Waals surface area contributed by atoms with Crippen molar-refractivity contribution in [3.63, 3.8) is 0 Å². The van der Waals surface area contributed by atoms with E-state index < -0.39 is 0 Å². The number of rotatable bonds is 6. The number of hydrogen-bond acceptors (Lipinski definition) is 3. The largest absolute Gasteiger partial charge is 0.491 e. The lowest BCUT2D eigenvalue weighted by Gasteiger charge is -2.08. The first kappa shape index (κ1) is 13.6. The van der Waals surface area contributed by atoms with Gasteiger partial charge >= 0.3 is 0 Å². The third kappa shape index (κ3) is 4.15. The molecule has 2 aromatic rings. The number of hydrogen-bond donors (Lipinski definition) is 1. The second kappa shape index (κ2) is 6.97. The molecular formula is C13H13Br2NO2. The number of ether oxygens (including phenoxy) is 1. The summed E-state index contributed by atoms with van der Waals surface area (Å²) in [5, 5.41) is 3.25. The molecule has 0 radical (unpaired) electrons. The van der Waals surface area contributed by atoms with Crippen LogP contribution in [0.5, 0.6) is 5.75 Å². The molecule has 0 aliphatic carbocycles. The minimum absolute atomic E-state index is 0.612. The third-order valence-electron chi connectivity index (χ3n) is 2.31. The van der Waals surface area contributed by atoms with E-state index in [1.807, 2.05) is 30.3 Å². The molecule has 96 valence electrons. The molecule has 0 amide bonds. The molecule has 5 heteroatoms. The molecule has 1 N–H and O–H groups in total. The van der Waals surface area contributed by atoms with E-state index in [0.717, 1.165) is 33.5 Å². The molecule has 0 bridgehead atoms. The summed E-state index contributed by atoms with van der Waals surface area (Å²) in [6, 6.07) is 9.67. The zero-order chi connectivity index (χ0) is 12.8. The van der Waals surface area contributed by atoms with E-state index in [0.29, 0.717) is 6.61 Å². The highest BCUT2D eigenvalue weighted by Crippen LogP contribution is 2.27. The first-order chi connectivity index (χ1) is 8.75. The fourth-order valence-electron chi connectivity index (χ4n) is 1.45. The summed E-state index contributed by atoms with van der Waals surface area (Å²) in [6.07, 6.45) is 1.67. The Bertz CT molecular complexity index is 486. The highest BCUT2D eigenvalue weighted by molar-refractivity contribution is 9.11. The van der Waals surface area contributed by atoms with E-state index in [1.54, 1.807) is 6.26 Å². The normalized spacial score (nSPS) is 10.6. The molecule has 1 aromatic carbocycles. The molecule has 3 nitrogen and oxygen atoms in total. The van der Waals surface area contributed by atoms with E-state index in [4.69, 9.17) is 9.15 Å². The molecule has 1 heterocycles. The van der Waals surface area contributed by atoms with E-state index in [1.165, 1.54) is 0 Å². The Hall–Kier alpha value is -0.780. The summed E-state index contributed by atoms with van der Waals surface area (Å²) in [4.78, 5) is 0. The van der Waals surface area contributed by atoms with Crippen LogP contribution in [-0.4, -0.2) is 13.2 Å². The molecule has 0 spiro atoms. The summed E-state index contributed by atoms with van der Waals surface area (Å²) < 4.78 is 12.8. The zero-order valence-electron chi connectivity index (χ0n) is 9.66. The second-order valence-corrected chi connectivity index (χ2v) is 5.45. The van der Waals surface area contributed by atoms with Crippen molar-refractivity contribution in [1.29, 1.82) is 0 Å². The number of halogens is 2. The topological polar surface area (TPSA) is 34.4 Å². The predicted octanol–water partition coefficient (Wildman–Crippen LogP) is 3.97. The molecule has 0 atom stereocenters. The second-order valence-electron chi connectivity index (χ2n) is 3.68. The molecular weight excluding hydrogens is 362 g/mol. The summed E-state index contributed by atoms with van der Waals surface area (Å²) in [5.74, 6) is 1.78. The highest BCUT2D eigenvalue weighted by atomic mass is 79.9. The lowest BCUT2D eigenvalue weighted by atomic mass is 10.3. The smallest absolute Gasteiger partial charge is 0.133 e. The average Bonchev–Trinajstić information content (AvgIpc) is 2.84. The number of furan rings is 1. The maximum absolute atomic E-state index is 5.65. The number of nitrogens with one attached hydrogen (secondary N) is 1. The van der Waals surface area contributed by atoms with Crippen molar-refractivity contribution in [3.8, 4) is 5.75 Å². The van der Waals surface area contributed by atoms with Crippen LogP contribution in [0, 0.1) is 0 Å². The molecule has 1 aromatic heterocycles. The summed E-state index contributed by atoms with van der Waals surface area (Å²) >= 11 is 6.86. The van der Waals surface area contributed by atoms with Crippen LogP contribution in [0.15, 0.2) is 50.0 Å². The van der Waals surface area contributed by atoms with Gasteiger partial charge in [-0.1, -0.05) is 15.9 Å². The van der Waals surface area contributed by atoms with E-state index in [2.05, 4.69) is 37.2 Å². The van der Waals surface area contributed by atoms with Gasteiger partial charge in [-0.25, -0.2) is 0 Å². The van der Waals surface area contributed by atoms with Gasteiger partial charge in [0.25, 0.3) is 0 Å². The van der Waals surface area contributed by atoms with Gasteiger partial charge in [0.2, 0.25) is 0 Å². The van der Waals surface area contributed by atoms with E-state index in [9.17, 15) is 0 Å². The van der Waals surface area contributed by atoms with Gasteiger partial charge in [-0.2, -0.15) is 0 Å². The lowest BCUT2D eigenvalue weighted by Crippen LogP contribution is -2.20. The van der Waals surface area contributed by atoms with Crippen molar-refractivity contribution in [2.24, 2.45) is 0 Å². The Balaban J connectivity index is 1.69. The van der Waals surface area contributed by atoms with Crippen molar-refractivity contribution < 1.29 is 9.15 Å². The molecule has 18 heavy (non-hydrogen) atoms. The van der Waals surface area contributed by atoms with Crippen molar-refractivity contribution in [2.75, 3.05) is 13.2 Å². The monoisotopic (exact) mass is 373 g/mol. The summed E-state index contributed by atoms with van der Waals surface area (Å²) in [7, 11) is 0. The van der Waals surface area contributed by atoms with Crippen molar-refractivity contribution in [3.05, 3.63) is 51.3 Å². The van der Waals surface area contributed by atoms with Gasteiger partial charge in [0.1, 0.15) is 18.1 Å². The Kier molecular flexibility index (Phi) is 5.28. The standard InChI is InChI=1S/C13H13Br2NO2/c14-10-3-4-13(12(15)8-10)18-7-5-16-9-11-2-1-6-17-11/h1-4,6,8,16H,5,7,9H2. The van der Waals surface area contributed by atoms with E-state index >= 15 is 0 Å². The van der Waals surface area contributed by atoms with Crippen LogP contribution >= 0.6 is 31.9 Å². The van der Waals surface area contributed by atoms with Crippen molar-refractivity contribution in [1.82, 2.24) is 5.32 Å². The van der Waals surface area contributed by atoms with Gasteiger partial charge < -0.3 is 14.5 Å². The summed E-state index contributed by atoms with van der Waals surface area (Å²) in [6.45, 7) is 2.10. The number of benzene rings is 1. The third-order valence-corrected chi connectivity index (χ3v) is 3.42. The Morgan fingerprint density at radius 3 is 2.83 bits per heavy atom. The average molecular weight is 375 g/mol. The van der Waals surface area contributed by atoms with Gasteiger partial charge in [0.05, 0.1) is 17.3 Å². The van der Waals surface area contributed by atoms with Crippen LogP contribution in [0.2, 0.25) is 0 Å². The highest BCUT2D eigenvalue weighted by Gasteiger charge is 2.01. The fraction of sp³-hybridized carbons (Fsp3) is 0.231. The van der Waals surface area contributed by atoms with Crippen LogP contribution in [0.4, 0.5) is 0 Å². The van der Waals surface area contributed by atoms with Gasteiger partial charge in [-0.05, 0) is 46.3 Å². The molecule has 0 aliphatic heterocycles. The first-order valence-electron chi connectivity index (χ1n) is 5.56. The SMILES string of the molecule is Brc1ccc(OCCNCc2ccco2)c(Br)c1. The fourth-order valence-corrected chi connectivity index (χ4v) is 2.61. The first-order valence-corrected chi connectivity index (χ1v) is 7.15. The van der Waals surface area contributed by atoms with Crippen LogP contribution in [0.25, 0.3) is 0 Å². The molecule has 0 saturated heterocycles. The van der Waals surface area contributed by atoms with E-state index in [-0.39, 0.29) is 0 Å². The maximum Gasteiger partial charge on any atom is 0.133 e. The minimum atomic E-state index is 0.612. The Morgan fingerprint density at radius 1 is 1.22 bits per heavy atom. The van der Waals surface area contributed by atoms with Gasteiger partial charge in [0.15, 0.2) is 0 Å². The Morgan fingerprint density at radius 2 is 2.11 bits per heavy atom. The Labute approximate surface area is 123 Å². The molecule has 0 aliphatic rings. The molecule has 0 saturated carbocycles. The van der Waals surface area contributed by atoms with Crippen molar-refractivity contribution >= 4 is 31.9 Å². The van der Waals surface area contributed by atoms with Crippen molar-refractivity contribution in [2.45, 2.75) is 6.54 Å². The van der Waals surface area contributed by atoms with Gasteiger partial charge in [-0.15, -0.1) is 0 Å². The molecule has 2 rings (SSSR count). The van der Waals surface area contributed by atoms with Crippen LogP contribution < -0.4 is 10.1 Å². The minimum Gasteiger partial charge on any atom is -0.491 e. The zero-order valence-corrected chi connectivity index (χ0v) is 12.8. The predicted molar refractivity (Wildman–Crippen MR) is 77.8 cm³/mol. The van der Waals surface area contributed by atoms with Crippen LogP contribution in [0.3, 0.4) is 0 Å². The molecule has 0 unspecified atom stereocenters. The lowest BCUT2D eigenvalue weighted by molar-refractivity contribution is 0.309. The quantitative estimate of drug-likeness (QED) is 0.776. The molecule has 0 fully saturated rings. The van der Waals surface area contributed by atoms with Crippen LogP contribution in [-0.2, 0) is 6.54 Å². The van der Waals surface area contributed by atoms with Crippen LogP contribution in [0.1, 0.15) is 5.76 Å². The van der Waals surface area contributed by atoms with Gasteiger partial charge in [0, 0.05) is 11.0 Å². The van der Waals surface area contributed by atoms with Gasteiger partial charge in [-0.3, -0.25) is 0 Å². The maximum atomic E-state index is 5.65. The summed E-state index contributed by atoms with van der Waals surface area (Å²) in [5.41, 5.74) is 0.